The zero-order valence-corrected chi connectivity index (χ0v) is 13.5. The summed E-state index contributed by atoms with van der Waals surface area (Å²) in [5.41, 5.74) is 1.00. The monoisotopic (exact) mass is 347 g/mol. The topological polar surface area (TPSA) is 103 Å². The van der Waals surface area contributed by atoms with Gasteiger partial charge in [-0.25, -0.2) is 9.67 Å². The summed E-state index contributed by atoms with van der Waals surface area (Å²) in [6.07, 6.45) is 2.62. The quantitative estimate of drug-likeness (QED) is 0.441. The SMILES string of the molecule is O=C(NCC#Cc1ccccc1)c1ccc(-n2cncn2)c([N+](=O)[O-])c1. The van der Waals surface area contributed by atoms with Gasteiger partial charge < -0.3 is 5.32 Å². The Morgan fingerprint density at radius 2 is 2.04 bits per heavy atom. The molecule has 0 atom stereocenters. The van der Waals surface area contributed by atoms with Crippen molar-refractivity contribution in [1.82, 2.24) is 20.1 Å². The first-order valence-corrected chi connectivity index (χ1v) is 7.61. The summed E-state index contributed by atoms with van der Waals surface area (Å²) in [6, 6.07) is 13.5. The van der Waals surface area contributed by atoms with Crippen molar-refractivity contribution in [1.29, 1.82) is 0 Å². The molecule has 128 valence electrons. The maximum atomic E-state index is 12.2. The summed E-state index contributed by atoms with van der Waals surface area (Å²) in [5, 5.41) is 17.8. The van der Waals surface area contributed by atoms with E-state index in [1.165, 1.54) is 35.5 Å². The van der Waals surface area contributed by atoms with E-state index in [2.05, 4.69) is 27.2 Å². The van der Waals surface area contributed by atoms with Crippen molar-refractivity contribution < 1.29 is 9.72 Å². The molecule has 1 N–H and O–H groups in total. The molecule has 0 aliphatic rings. The fourth-order valence-electron chi connectivity index (χ4n) is 2.23. The smallest absolute Gasteiger partial charge is 0.295 e. The van der Waals surface area contributed by atoms with Gasteiger partial charge >= 0.3 is 0 Å². The molecule has 0 saturated carbocycles. The van der Waals surface area contributed by atoms with Crippen LogP contribution in [0.25, 0.3) is 5.69 Å². The van der Waals surface area contributed by atoms with Gasteiger partial charge in [0.05, 0.1) is 11.5 Å². The van der Waals surface area contributed by atoms with Gasteiger partial charge in [-0.05, 0) is 24.3 Å². The van der Waals surface area contributed by atoms with Crippen molar-refractivity contribution >= 4 is 11.6 Å². The lowest BCUT2D eigenvalue weighted by Gasteiger charge is -2.05. The normalized spacial score (nSPS) is 9.85. The Balaban J connectivity index is 1.73. The predicted molar refractivity (Wildman–Crippen MR) is 93.7 cm³/mol. The molecule has 0 bridgehead atoms. The molecule has 0 fully saturated rings. The van der Waals surface area contributed by atoms with Crippen molar-refractivity contribution in [3.8, 4) is 17.5 Å². The van der Waals surface area contributed by atoms with Crippen LogP contribution in [0.5, 0.6) is 0 Å². The molecule has 0 radical (unpaired) electrons. The first kappa shape index (κ1) is 16.9. The van der Waals surface area contributed by atoms with Crippen molar-refractivity contribution in [3.63, 3.8) is 0 Å². The summed E-state index contributed by atoms with van der Waals surface area (Å²) in [7, 11) is 0. The summed E-state index contributed by atoms with van der Waals surface area (Å²) in [6.45, 7) is 0.131. The molecule has 26 heavy (non-hydrogen) atoms. The largest absolute Gasteiger partial charge is 0.341 e. The Morgan fingerprint density at radius 1 is 1.23 bits per heavy atom. The van der Waals surface area contributed by atoms with Crippen LogP contribution in [0.4, 0.5) is 5.69 Å². The third-order valence-corrected chi connectivity index (χ3v) is 3.44. The average Bonchev–Trinajstić information content (AvgIpc) is 3.20. The van der Waals surface area contributed by atoms with Crippen LogP contribution in [0.2, 0.25) is 0 Å². The minimum atomic E-state index is -0.566. The summed E-state index contributed by atoms with van der Waals surface area (Å²) in [4.78, 5) is 26.7. The maximum Gasteiger partial charge on any atom is 0.295 e. The first-order valence-electron chi connectivity index (χ1n) is 7.61. The van der Waals surface area contributed by atoms with Gasteiger partial charge in [0.25, 0.3) is 11.6 Å². The second-order valence-electron chi connectivity index (χ2n) is 5.15. The Labute approximate surface area is 148 Å². The molecule has 1 aromatic heterocycles. The zero-order chi connectivity index (χ0) is 18.4. The highest BCUT2D eigenvalue weighted by molar-refractivity contribution is 5.95. The van der Waals surface area contributed by atoms with Crippen LogP contribution in [-0.4, -0.2) is 32.1 Å². The fraction of sp³-hybridized carbons (Fsp3) is 0.0556. The van der Waals surface area contributed by atoms with Crippen LogP contribution in [0.3, 0.4) is 0 Å². The number of hydrogen-bond acceptors (Lipinski definition) is 5. The highest BCUT2D eigenvalue weighted by Crippen LogP contribution is 2.23. The number of amides is 1. The molecule has 3 rings (SSSR count). The third kappa shape index (κ3) is 3.91. The Hall–Kier alpha value is -3.99. The summed E-state index contributed by atoms with van der Waals surface area (Å²) < 4.78 is 1.27. The molecule has 0 aliphatic heterocycles. The van der Waals surface area contributed by atoms with E-state index in [9.17, 15) is 14.9 Å². The molecular formula is C18H13N5O3. The van der Waals surface area contributed by atoms with Crippen LogP contribution in [0, 0.1) is 22.0 Å². The van der Waals surface area contributed by atoms with Gasteiger partial charge in [0.15, 0.2) is 0 Å². The van der Waals surface area contributed by atoms with Crippen molar-refractivity contribution in [2.45, 2.75) is 0 Å². The maximum absolute atomic E-state index is 12.2. The zero-order valence-electron chi connectivity index (χ0n) is 13.5. The van der Waals surface area contributed by atoms with E-state index in [1.54, 1.807) is 0 Å². The van der Waals surface area contributed by atoms with Gasteiger partial charge in [0.2, 0.25) is 0 Å². The average molecular weight is 347 g/mol. The number of nitrogens with one attached hydrogen (secondary N) is 1. The number of carbonyl (C=O) groups is 1. The Bertz CT molecular complexity index is 989. The highest BCUT2D eigenvalue weighted by atomic mass is 16.6. The molecule has 8 nitrogen and oxygen atoms in total. The summed E-state index contributed by atoms with van der Waals surface area (Å²) in [5.74, 6) is 5.31. The van der Waals surface area contributed by atoms with Crippen molar-refractivity contribution in [2.24, 2.45) is 0 Å². The molecular weight excluding hydrogens is 334 g/mol. The lowest BCUT2D eigenvalue weighted by atomic mass is 10.1. The second-order valence-corrected chi connectivity index (χ2v) is 5.15. The molecule has 3 aromatic rings. The van der Waals surface area contributed by atoms with Gasteiger partial charge in [0.1, 0.15) is 18.3 Å². The lowest BCUT2D eigenvalue weighted by Crippen LogP contribution is -2.23. The van der Waals surface area contributed by atoms with E-state index in [-0.39, 0.29) is 23.5 Å². The van der Waals surface area contributed by atoms with Gasteiger partial charge in [-0.1, -0.05) is 30.0 Å². The molecule has 0 unspecified atom stereocenters. The molecule has 0 spiro atoms. The number of rotatable bonds is 4. The second kappa shape index (κ2) is 7.72. The number of nitro groups is 1. The van der Waals surface area contributed by atoms with Crippen LogP contribution >= 0.6 is 0 Å². The predicted octanol–water partition coefficient (Wildman–Crippen LogP) is 1.96. The van der Waals surface area contributed by atoms with Gasteiger partial charge in [-0.3, -0.25) is 14.9 Å². The number of aromatic nitrogens is 3. The van der Waals surface area contributed by atoms with Crippen molar-refractivity contribution in [2.75, 3.05) is 6.54 Å². The van der Waals surface area contributed by atoms with E-state index in [0.29, 0.717) is 0 Å². The minimum Gasteiger partial charge on any atom is -0.341 e. The summed E-state index contributed by atoms with van der Waals surface area (Å²) >= 11 is 0. The molecule has 0 aliphatic carbocycles. The Kier molecular flexibility index (Phi) is 5.00. The van der Waals surface area contributed by atoms with Crippen molar-refractivity contribution in [3.05, 3.63) is 82.4 Å². The Morgan fingerprint density at radius 3 is 2.73 bits per heavy atom. The van der Waals surface area contributed by atoms with E-state index in [4.69, 9.17) is 0 Å². The van der Waals surface area contributed by atoms with Crippen LogP contribution < -0.4 is 5.32 Å². The third-order valence-electron chi connectivity index (χ3n) is 3.44. The van der Waals surface area contributed by atoms with Gasteiger partial charge in [-0.2, -0.15) is 5.10 Å². The number of hydrogen-bond donors (Lipinski definition) is 1. The molecule has 1 heterocycles. The number of benzene rings is 2. The van der Waals surface area contributed by atoms with Crippen LogP contribution in [-0.2, 0) is 0 Å². The standard InChI is InChI=1S/C18H13N5O3/c24-18(20-10-4-7-14-5-2-1-3-6-14)15-8-9-16(17(11-15)23(25)26)22-13-19-12-21-22/h1-3,5-6,8-9,11-13H,10H2,(H,20,24). The molecule has 0 saturated heterocycles. The lowest BCUT2D eigenvalue weighted by molar-refractivity contribution is -0.384. The molecule has 1 amide bonds. The number of nitrogens with zero attached hydrogens (tertiary/aromatic N) is 4. The van der Waals surface area contributed by atoms with Crippen LogP contribution in [0.15, 0.2) is 61.2 Å². The minimum absolute atomic E-state index is 0.131. The molecule has 2 aromatic carbocycles. The van der Waals surface area contributed by atoms with Gasteiger partial charge in [0, 0.05) is 17.2 Å². The van der Waals surface area contributed by atoms with Crippen LogP contribution in [0.1, 0.15) is 15.9 Å². The highest BCUT2D eigenvalue weighted by Gasteiger charge is 2.19. The number of nitro benzene ring substituents is 1. The van der Waals surface area contributed by atoms with Gasteiger partial charge in [-0.15, -0.1) is 0 Å². The number of carbonyl (C=O) groups excluding carboxylic acids is 1. The first-order chi connectivity index (χ1) is 12.6. The van der Waals surface area contributed by atoms with E-state index >= 15 is 0 Å². The molecule has 8 heteroatoms. The van der Waals surface area contributed by atoms with E-state index in [1.807, 2.05) is 30.3 Å². The fourth-order valence-corrected chi connectivity index (χ4v) is 2.23. The van der Waals surface area contributed by atoms with E-state index in [0.717, 1.165) is 5.56 Å². The van der Waals surface area contributed by atoms with E-state index < -0.39 is 10.8 Å².